The van der Waals surface area contributed by atoms with Crippen LogP contribution in [0.15, 0.2) is 65.1 Å². The van der Waals surface area contributed by atoms with Gasteiger partial charge in [0.05, 0.1) is 0 Å². The first-order chi connectivity index (χ1) is 13.8. The molecule has 3 rings (SSSR count). The number of benzene rings is 3. The van der Waals surface area contributed by atoms with Crippen molar-refractivity contribution in [3.63, 3.8) is 0 Å². The second-order valence-electron chi connectivity index (χ2n) is 6.85. The van der Waals surface area contributed by atoms with Crippen molar-refractivity contribution in [1.82, 2.24) is 0 Å². The maximum atomic E-state index is 13.1. The standard InChI is InChI=1S/C22H20BrF4NO/c23-17-8-7-15-4-2-6-19(20(15)11-17)16(12-28)9-14-3-1-5-18(10-14)29-13-22(26,27)21(24)25/h1-8,10-11,16,21H,9,12-13,28H2. The van der Waals surface area contributed by atoms with Crippen molar-refractivity contribution < 1.29 is 22.3 Å². The van der Waals surface area contributed by atoms with Crippen LogP contribution < -0.4 is 10.5 Å². The number of fused-ring (bicyclic) bond motifs is 1. The lowest BCUT2D eigenvalue weighted by molar-refractivity contribution is -0.148. The van der Waals surface area contributed by atoms with Crippen molar-refractivity contribution >= 4 is 26.7 Å². The Hall–Kier alpha value is -2.12. The lowest BCUT2D eigenvalue weighted by atomic mass is 9.88. The average Bonchev–Trinajstić information content (AvgIpc) is 2.70. The summed E-state index contributed by atoms with van der Waals surface area (Å²) in [6.45, 7) is -0.980. The number of hydrogen-bond acceptors (Lipinski definition) is 2. The van der Waals surface area contributed by atoms with E-state index < -0.39 is 19.0 Å². The molecule has 0 spiro atoms. The quantitative estimate of drug-likeness (QED) is 0.400. The zero-order valence-corrected chi connectivity index (χ0v) is 17.0. The van der Waals surface area contributed by atoms with Crippen LogP contribution in [0.25, 0.3) is 10.8 Å². The van der Waals surface area contributed by atoms with E-state index in [1.165, 1.54) is 6.07 Å². The Bertz CT molecular complexity index is 980. The lowest BCUT2D eigenvalue weighted by Gasteiger charge is -2.19. The van der Waals surface area contributed by atoms with Gasteiger partial charge in [0.15, 0.2) is 6.61 Å². The maximum absolute atomic E-state index is 13.1. The fraction of sp³-hybridized carbons (Fsp3) is 0.273. The lowest BCUT2D eigenvalue weighted by Crippen LogP contribution is -2.33. The summed E-state index contributed by atoms with van der Waals surface area (Å²) in [4.78, 5) is 0. The molecule has 0 aliphatic carbocycles. The molecule has 0 saturated carbocycles. The van der Waals surface area contributed by atoms with E-state index >= 15 is 0 Å². The number of ether oxygens (including phenoxy) is 1. The summed E-state index contributed by atoms with van der Waals surface area (Å²) in [6, 6.07) is 18.6. The third-order valence-electron chi connectivity index (χ3n) is 4.73. The number of rotatable bonds is 8. The Morgan fingerprint density at radius 1 is 1.00 bits per heavy atom. The van der Waals surface area contributed by atoms with Crippen LogP contribution in [0.4, 0.5) is 17.6 Å². The summed E-state index contributed by atoms with van der Waals surface area (Å²) in [6.07, 6.45) is -3.21. The number of alkyl halides is 4. The normalized spacial score (nSPS) is 13.1. The molecule has 3 aromatic rings. The zero-order valence-electron chi connectivity index (χ0n) is 15.4. The monoisotopic (exact) mass is 469 g/mol. The van der Waals surface area contributed by atoms with Crippen LogP contribution in [-0.4, -0.2) is 25.5 Å². The molecule has 0 heterocycles. The molecule has 0 bridgehead atoms. The predicted molar refractivity (Wildman–Crippen MR) is 110 cm³/mol. The molecule has 2 N–H and O–H groups in total. The van der Waals surface area contributed by atoms with Gasteiger partial charge in [0.25, 0.3) is 0 Å². The van der Waals surface area contributed by atoms with Crippen LogP contribution in [0.1, 0.15) is 17.0 Å². The largest absolute Gasteiger partial charge is 0.487 e. The highest BCUT2D eigenvalue weighted by Gasteiger charge is 2.41. The summed E-state index contributed by atoms with van der Waals surface area (Å²) < 4.78 is 56.7. The van der Waals surface area contributed by atoms with Crippen LogP contribution in [0.2, 0.25) is 0 Å². The van der Waals surface area contributed by atoms with Gasteiger partial charge in [0.2, 0.25) is 0 Å². The van der Waals surface area contributed by atoms with Crippen molar-refractivity contribution in [2.45, 2.75) is 24.7 Å². The molecule has 1 atom stereocenters. The maximum Gasteiger partial charge on any atom is 0.340 e. The first-order valence-corrected chi connectivity index (χ1v) is 9.85. The highest BCUT2D eigenvalue weighted by molar-refractivity contribution is 9.10. The van der Waals surface area contributed by atoms with E-state index in [2.05, 4.69) is 15.9 Å². The van der Waals surface area contributed by atoms with Gasteiger partial charge >= 0.3 is 12.3 Å². The highest BCUT2D eigenvalue weighted by atomic mass is 79.9. The molecule has 1 unspecified atom stereocenters. The molecule has 0 radical (unpaired) electrons. The average molecular weight is 470 g/mol. The van der Waals surface area contributed by atoms with Gasteiger partial charge in [-0.05, 0) is 59.1 Å². The molecule has 2 nitrogen and oxygen atoms in total. The minimum absolute atomic E-state index is 0.00856. The Labute approximate surface area is 174 Å². The van der Waals surface area contributed by atoms with Gasteiger partial charge in [-0.2, -0.15) is 8.78 Å². The molecule has 154 valence electrons. The number of hydrogen-bond donors (Lipinski definition) is 1. The fourth-order valence-electron chi connectivity index (χ4n) is 3.23. The van der Waals surface area contributed by atoms with E-state index in [0.717, 1.165) is 26.4 Å². The topological polar surface area (TPSA) is 35.2 Å². The van der Waals surface area contributed by atoms with Gasteiger partial charge < -0.3 is 10.5 Å². The molecule has 0 aliphatic rings. The summed E-state index contributed by atoms with van der Waals surface area (Å²) >= 11 is 3.49. The third kappa shape index (κ3) is 5.28. The molecule has 0 fully saturated rings. The Morgan fingerprint density at radius 2 is 1.76 bits per heavy atom. The van der Waals surface area contributed by atoms with Gasteiger partial charge in [-0.1, -0.05) is 52.3 Å². The summed E-state index contributed by atoms with van der Waals surface area (Å²) in [5.74, 6) is -4.07. The zero-order chi connectivity index (χ0) is 21.0. The van der Waals surface area contributed by atoms with Crippen LogP contribution in [-0.2, 0) is 6.42 Å². The Balaban J connectivity index is 1.81. The van der Waals surface area contributed by atoms with Gasteiger partial charge in [0, 0.05) is 10.4 Å². The molecule has 0 amide bonds. The Morgan fingerprint density at radius 3 is 2.48 bits per heavy atom. The van der Waals surface area contributed by atoms with E-state index in [0.29, 0.717) is 13.0 Å². The van der Waals surface area contributed by atoms with Crippen LogP contribution >= 0.6 is 15.9 Å². The van der Waals surface area contributed by atoms with Crippen LogP contribution in [0.3, 0.4) is 0 Å². The number of nitrogens with two attached hydrogens (primary N) is 1. The van der Waals surface area contributed by atoms with E-state index in [1.54, 1.807) is 12.1 Å². The highest BCUT2D eigenvalue weighted by Crippen LogP contribution is 2.31. The molecule has 7 heteroatoms. The second-order valence-corrected chi connectivity index (χ2v) is 7.76. The van der Waals surface area contributed by atoms with E-state index in [1.807, 2.05) is 42.5 Å². The van der Waals surface area contributed by atoms with E-state index in [-0.39, 0.29) is 11.7 Å². The van der Waals surface area contributed by atoms with Gasteiger partial charge in [-0.15, -0.1) is 0 Å². The van der Waals surface area contributed by atoms with Gasteiger partial charge in [-0.3, -0.25) is 0 Å². The molecular formula is C22H20BrF4NO. The van der Waals surface area contributed by atoms with Gasteiger partial charge in [-0.25, -0.2) is 8.78 Å². The van der Waals surface area contributed by atoms with Crippen LogP contribution in [0, 0.1) is 0 Å². The fourth-order valence-corrected chi connectivity index (χ4v) is 3.60. The van der Waals surface area contributed by atoms with Crippen molar-refractivity contribution in [1.29, 1.82) is 0 Å². The smallest absolute Gasteiger partial charge is 0.340 e. The molecule has 3 aromatic carbocycles. The molecule has 0 aliphatic heterocycles. The van der Waals surface area contributed by atoms with Crippen LogP contribution in [0.5, 0.6) is 5.75 Å². The minimum atomic E-state index is -4.19. The number of halogens is 5. The van der Waals surface area contributed by atoms with Crippen molar-refractivity contribution in [2.75, 3.05) is 13.2 Å². The second kappa shape index (κ2) is 9.13. The molecule has 0 aromatic heterocycles. The van der Waals surface area contributed by atoms with E-state index in [4.69, 9.17) is 10.5 Å². The molecule has 0 saturated heterocycles. The first kappa shape index (κ1) is 21.6. The van der Waals surface area contributed by atoms with Crippen molar-refractivity contribution in [3.8, 4) is 5.75 Å². The summed E-state index contributed by atoms with van der Waals surface area (Å²) in [5, 5.41) is 2.18. The third-order valence-corrected chi connectivity index (χ3v) is 5.23. The summed E-state index contributed by atoms with van der Waals surface area (Å²) in [5.41, 5.74) is 7.95. The van der Waals surface area contributed by atoms with E-state index in [9.17, 15) is 17.6 Å². The Kier molecular flexibility index (Phi) is 6.80. The minimum Gasteiger partial charge on any atom is -0.487 e. The van der Waals surface area contributed by atoms with Crippen molar-refractivity contribution in [3.05, 3.63) is 76.3 Å². The first-order valence-electron chi connectivity index (χ1n) is 9.06. The molecule has 29 heavy (non-hydrogen) atoms. The summed E-state index contributed by atoms with van der Waals surface area (Å²) in [7, 11) is 0. The van der Waals surface area contributed by atoms with Crippen molar-refractivity contribution in [2.24, 2.45) is 5.73 Å². The van der Waals surface area contributed by atoms with Gasteiger partial charge in [0.1, 0.15) is 5.75 Å². The predicted octanol–water partition coefficient (Wildman–Crippen LogP) is 6.17. The SMILES string of the molecule is NCC(Cc1cccc(OCC(F)(F)C(F)F)c1)c1cccc2ccc(Br)cc12. The molecular weight excluding hydrogens is 450 g/mol.